The summed E-state index contributed by atoms with van der Waals surface area (Å²) >= 11 is 13.7. The summed E-state index contributed by atoms with van der Waals surface area (Å²) in [5, 5.41) is 4.64. The zero-order chi connectivity index (χ0) is 15.5. The zero-order valence-electron chi connectivity index (χ0n) is 12.1. The second-order valence-corrected chi connectivity index (χ2v) is 7.30. The summed E-state index contributed by atoms with van der Waals surface area (Å²) < 4.78 is 5.20. The van der Waals surface area contributed by atoms with E-state index >= 15 is 0 Å². The molecule has 0 heterocycles. The van der Waals surface area contributed by atoms with Gasteiger partial charge in [0.05, 0.1) is 16.7 Å². The molecule has 0 radical (unpaired) electrons. The minimum Gasteiger partial charge on any atom is -0.465 e. The van der Waals surface area contributed by atoms with E-state index in [1.807, 2.05) is 26.1 Å². The summed E-state index contributed by atoms with van der Waals surface area (Å²) in [7, 11) is 1.82. The fourth-order valence-electron chi connectivity index (χ4n) is 2.63. The van der Waals surface area contributed by atoms with Crippen LogP contribution >= 0.6 is 35.0 Å². The fraction of sp³-hybridized carbons (Fsp3) is 0.533. The number of halogens is 2. The molecule has 1 aromatic carbocycles. The molecule has 3 nitrogen and oxygen atoms in total. The van der Waals surface area contributed by atoms with Crippen molar-refractivity contribution in [3.8, 4) is 0 Å². The van der Waals surface area contributed by atoms with Crippen molar-refractivity contribution in [2.45, 2.75) is 41.9 Å². The predicted molar refractivity (Wildman–Crippen MR) is 88.4 cm³/mol. The van der Waals surface area contributed by atoms with Crippen molar-refractivity contribution in [2.75, 3.05) is 13.7 Å². The molecular weight excluding hydrogens is 329 g/mol. The van der Waals surface area contributed by atoms with Crippen LogP contribution in [0.25, 0.3) is 0 Å². The van der Waals surface area contributed by atoms with Gasteiger partial charge in [-0.05, 0) is 51.4 Å². The molecule has 1 saturated carbocycles. The van der Waals surface area contributed by atoms with Crippen molar-refractivity contribution in [2.24, 2.45) is 0 Å². The largest absolute Gasteiger partial charge is 0.465 e. The van der Waals surface area contributed by atoms with Crippen LogP contribution in [0.2, 0.25) is 10.0 Å². The van der Waals surface area contributed by atoms with Gasteiger partial charge in [0, 0.05) is 10.1 Å². The Morgan fingerprint density at radius 1 is 1.48 bits per heavy atom. The normalized spacial score (nSPS) is 25.0. The highest BCUT2D eigenvalue weighted by Crippen LogP contribution is 2.41. The van der Waals surface area contributed by atoms with E-state index in [0.29, 0.717) is 21.9 Å². The van der Waals surface area contributed by atoms with E-state index in [1.54, 1.807) is 17.8 Å². The molecule has 1 N–H and O–H groups in total. The Balaban J connectivity index is 2.04. The summed E-state index contributed by atoms with van der Waals surface area (Å²) in [5.41, 5.74) is -0.552. The van der Waals surface area contributed by atoms with Crippen molar-refractivity contribution in [3.63, 3.8) is 0 Å². The standard InChI is InChI=1S/C15H19Cl2NO2S/c1-3-20-14(19)15(18-2)7-6-11(9-15)21-10-4-5-12(16)13(17)8-10/h4-5,8,11,18H,3,6-7,9H2,1-2H3. The molecule has 0 aromatic heterocycles. The third-order valence-electron chi connectivity index (χ3n) is 3.81. The van der Waals surface area contributed by atoms with Gasteiger partial charge in [0.1, 0.15) is 5.54 Å². The molecule has 1 aliphatic carbocycles. The van der Waals surface area contributed by atoms with Crippen LogP contribution in [0, 0.1) is 0 Å². The van der Waals surface area contributed by atoms with Gasteiger partial charge in [-0.15, -0.1) is 11.8 Å². The molecule has 2 rings (SSSR count). The third kappa shape index (κ3) is 3.86. The Kier molecular flexibility index (Phi) is 5.83. The maximum absolute atomic E-state index is 12.2. The predicted octanol–water partition coefficient (Wildman–Crippen LogP) is 4.16. The first-order valence-corrected chi connectivity index (χ1v) is 8.62. The molecule has 116 valence electrons. The Hall–Kier alpha value is -0.420. The zero-order valence-corrected chi connectivity index (χ0v) is 14.4. The van der Waals surface area contributed by atoms with Gasteiger partial charge in [0.15, 0.2) is 0 Å². The Labute approximate surface area is 139 Å². The van der Waals surface area contributed by atoms with Crippen molar-refractivity contribution >= 4 is 40.9 Å². The number of esters is 1. The van der Waals surface area contributed by atoms with Crippen LogP contribution in [0.5, 0.6) is 0 Å². The first kappa shape index (κ1) is 16.9. The Bertz CT molecular complexity index is 526. The average molecular weight is 348 g/mol. The van der Waals surface area contributed by atoms with Gasteiger partial charge >= 0.3 is 5.97 Å². The van der Waals surface area contributed by atoms with Gasteiger partial charge in [0.2, 0.25) is 0 Å². The number of benzene rings is 1. The molecule has 21 heavy (non-hydrogen) atoms. The Morgan fingerprint density at radius 2 is 2.24 bits per heavy atom. The number of hydrogen-bond donors (Lipinski definition) is 1. The number of carbonyl (C=O) groups is 1. The summed E-state index contributed by atoms with van der Waals surface area (Å²) in [4.78, 5) is 13.2. The number of likely N-dealkylation sites (N-methyl/N-ethyl adjacent to an activating group) is 1. The van der Waals surface area contributed by atoms with Crippen molar-refractivity contribution in [1.29, 1.82) is 0 Å². The Morgan fingerprint density at radius 3 is 2.86 bits per heavy atom. The highest BCUT2D eigenvalue weighted by Gasteiger charge is 2.45. The lowest BCUT2D eigenvalue weighted by Gasteiger charge is -2.26. The van der Waals surface area contributed by atoms with E-state index < -0.39 is 5.54 Å². The minimum atomic E-state index is -0.552. The molecule has 0 spiro atoms. The second-order valence-electron chi connectivity index (χ2n) is 5.11. The molecule has 6 heteroatoms. The van der Waals surface area contributed by atoms with Gasteiger partial charge in [-0.3, -0.25) is 4.79 Å². The first-order chi connectivity index (χ1) is 10.0. The van der Waals surface area contributed by atoms with Crippen LogP contribution in [0.3, 0.4) is 0 Å². The van der Waals surface area contributed by atoms with Crippen LogP contribution in [0.15, 0.2) is 23.1 Å². The number of thioether (sulfide) groups is 1. The number of carbonyl (C=O) groups excluding carboxylic acids is 1. The van der Waals surface area contributed by atoms with E-state index in [1.165, 1.54) is 0 Å². The number of nitrogens with one attached hydrogen (secondary N) is 1. The molecule has 0 saturated heterocycles. The van der Waals surface area contributed by atoms with Gasteiger partial charge in [-0.25, -0.2) is 0 Å². The quantitative estimate of drug-likeness (QED) is 0.811. The van der Waals surface area contributed by atoms with E-state index in [0.717, 1.165) is 24.2 Å². The SMILES string of the molecule is CCOC(=O)C1(NC)CCC(Sc2ccc(Cl)c(Cl)c2)C1. The fourth-order valence-corrected chi connectivity index (χ4v) is 4.31. The van der Waals surface area contributed by atoms with Crippen LogP contribution in [-0.4, -0.2) is 30.4 Å². The monoisotopic (exact) mass is 347 g/mol. The van der Waals surface area contributed by atoms with Crippen LogP contribution in [-0.2, 0) is 9.53 Å². The van der Waals surface area contributed by atoms with Gasteiger partial charge < -0.3 is 10.1 Å². The molecule has 1 aliphatic rings. The molecule has 1 fully saturated rings. The van der Waals surface area contributed by atoms with E-state index in [4.69, 9.17) is 27.9 Å². The third-order valence-corrected chi connectivity index (χ3v) is 5.81. The smallest absolute Gasteiger partial charge is 0.326 e. The molecule has 0 aliphatic heterocycles. The lowest BCUT2D eigenvalue weighted by molar-refractivity contribution is -0.150. The van der Waals surface area contributed by atoms with E-state index in [2.05, 4.69) is 5.32 Å². The summed E-state index contributed by atoms with van der Waals surface area (Å²) in [6.45, 7) is 2.24. The van der Waals surface area contributed by atoms with E-state index in [-0.39, 0.29) is 5.97 Å². The lowest BCUT2D eigenvalue weighted by Crippen LogP contribution is -2.49. The maximum Gasteiger partial charge on any atom is 0.326 e. The van der Waals surface area contributed by atoms with Crippen LogP contribution in [0.4, 0.5) is 0 Å². The first-order valence-electron chi connectivity index (χ1n) is 6.98. The second kappa shape index (κ2) is 7.23. The summed E-state index contributed by atoms with van der Waals surface area (Å²) in [5.74, 6) is -0.148. The van der Waals surface area contributed by atoms with Gasteiger partial charge in [0.25, 0.3) is 0 Å². The molecule has 2 unspecified atom stereocenters. The van der Waals surface area contributed by atoms with Crippen molar-refractivity contribution in [3.05, 3.63) is 28.2 Å². The van der Waals surface area contributed by atoms with Crippen LogP contribution < -0.4 is 5.32 Å². The minimum absolute atomic E-state index is 0.148. The molecular formula is C15H19Cl2NO2S. The topological polar surface area (TPSA) is 38.3 Å². The lowest BCUT2D eigenvalue weighted by atomic mass is 9.98. The number of ether oxygens (including phenoxy) is 1. The summed E-state index contributed by atoms with van der Waals surface area (Å²) in [6, 6.07) is 5.64. The number of rotatable bonds is 5. The number of hydrogen-bond acceptors (Lipinski definition) is 4. The highest BCUT2D eigenvalue weighted by molar-refractivity contribution is 8.00. The van der Waals surface area contributed by atoms with Gasteiger partial charge in [-0.2, -0.15) is 0 Å². The average Bonchev–Trinajstić information content (AvgIpc) is 2.88. The van der Waals surface area contributed by atoms with Crippen LogP contribution in [0.1, 0.15) is 26.2 Å². The van der Waals surface area contributed by atoms with Gasteiger partial charge in [-0.1, -0.05) is 23.2 Å². The maximum atomic E-state index is 12.2. The van der Waals surface area contributed by atoms with E-state index in [9.17, 15) is 4.79 Å². The van der Waals surface area contributed by atoms with Crippen molar-refractivity contribution < 1.29 is 9.53 Å². The molecule has 0 amide bonds. The highest BCUT2D eigenvalue weighted by atomic mass is 35.5. The molecule has 1 aromatic rings. The summed E-state index contributed by atoms with van der Waals surface area (Å²) in [6.07, 6.45) is 2.51. The molecule has 0 bridgehead atoms. The van der Waals surface area contributed by atoms with Crippen molar-refractivity contribution in [1.82, 2.24) is 5.32 Å². The molecule has 2 atom stereocenters.